The van der Waals surface area contributed by atoms with Gasteiger partial charge in [0.15, 0.2) is 0 Å². The van der Waals surface area contributed by atoms with E-state index in [4.69, 9.17) is 4.74 Å². The maximum absolute atomic E-state index is 13.1. The summed E-state index contributed by atoms with van der Waals surface area (Å²) in [5.41, 5.74) is 2.30. The molecule has 1 atom stereocenters. The Morgan fingerprint density at radius 3 is 2.54 bits per heavy atom. The number of carbonyl (C=O) groups is 1. The molecule has 0 bridgehead atoms. The van der Waals surface area contributed by atoms with Gasteiger partial charge in [-0.15, -0.1) is 0 Å². The van der Waals surface area contributed by atoms with Gasteiger partial charge in [-0.1, -0.05) is 24.3 Å². The number of hydrogen-bond acceptors (Lipinski definition) is 3. The lowest BCUT2D eigenvalue weighted by Gasteiger charge is -2.36. The molecule has 0 N–H and O–H groups in total. The molecule has 0 radical (unpaired) electrons. The van der Waals surface area contributed by atoms with Crippen LogP contribution in [0.2, 0.25) is 0 Å². The van der Waals surface area contributed by atoms with Crippen molar-refractivity contribution in [1.29, 1.82) is 0 Å². The highest BCUT2D eigenvalue weighted by Crippen LogP contribution is 2.28. The van der Waals surface area contributed by atoms with Crippen molar-refractivity contribution < 1.29 is 9.53 Å². The summed E-state index contributed by atoms with van der Waals surface area (Å²) in [6.45, 7) is 4.69. The van der Waals surface area contributed by atoms with Crippen LogP contribution < -0.4 is 0 Å². The number of aryl methyl sites for hydroxylation is 1. The highest BCUT2D eigenvalue weighted by atomic mass is 16.5. The average molecular weight is 332 g/mol. The fourth-order valence-corrected chi connectivity index (χ4v) is 3.66. The molecule has 4 nitrogen and oxygen atoms in total. The predicted octanol–water partition coefficient (Wildman–Crippen LogP) is 3.26. The largest absolute Gasteiger partial charge is 0.385 e. The zero-order valence-electron chi connectivity index (χ0n) is 15.6. The maximum atomic E-state index is 13.1. The Morgan fingerprint density at radius 2 is 1.96 bits per heavy atom. The predicted molar refractivity (Wildman–Crippen MR) is 98.0 cm³/mol. The Morgan fingerprint density at radius 1 is 1.29 bits per heavy atom. The molecule has 24 heavy (non-hydrogen) atoms. The fourth-order valence-electron chi connectivity index (χ4n) is 3.66. The number of benzene rings is 1. The molecule has 134 valence electrons. The van der Waals surface area contributed by atoms with E-state index in [0.717, 1.165) is 50.4 Å². The monoisotopic (exact) mass is 332 g/mol. The normalized spacial score (nSPS) is 17.3. The minimum absolute atomic E-state index is 0.184. The number of carbonyl (C=O) groups excluding carboxylic acids is 1. The third-order valence-corrected chi connectivity index (χ3v) is 5.12. The van der Waals surface area contributed by atoms with Crippen LogP contribution in [0.4, 0.5) is 0 Å². The molecule has 0 unspecified atom stereocenters. The molecule has 1 saturated heterocycles. The van der Waals surface area contributed by atoms with Crippen LogP contribution in [0.3, 0.4) is 0 Å². The molecule has 1 aliphatic rings. The first-order chi connectivity index (χ1) is 11.5. The van der Waals surface area contributed by atoms with E-state index in [1.165, 1.54) is 12.0 Å². The van der Waals surface area contributed by atoms with Crippen LogP contribution >= 0.6 is 0 Å². The second-order valence-corrected chi connectivity index (χ2v) is 7.13. The lowest BCUT2D eigenvalue weighted by atomic mass is 9.91. The van der Waals surface area contributed by atoms with Crippen molar-refractivity contribution in [3.05, 3.63) is 35.4 Å². The van der Waals surface area contributed by atoms with Gasteiger partial charge in [-0.25, -0.2) is 0 Å². The number of piperidine rings is 1. The molecular formula is C20H32N2O2. The molecule has 1 aromatic carbocycles. The van der Waals surface area contributed by atoms with E-state index < -0.39 is 0 Å². The topological polar surface area (TPSA) is 32.8 Å². The highest BCUT2D eigenvalue weighted by molar-refractivity contribution is 5.83. The Balaban J connectivity index is 1.98. The van der Waals surface area contributed by atoms with Crippen molar-refractivity contribution in [3.63, 3.8) is 0 Å². The number of ether oxygens (including phenoxy) is 1. The summed E-state index contributed by atoms with van der Waals surface area (Å²) in [6, 6.07) is 8.03. The average Bonchev–Trinajstić information content (AvgIpc) is 2.57. The lowest BCUT2D eigenvalue weighted by Crippen LogP contribution is -2.44. The summed E-state index contributed by atoms with van der Waals surface area (Å²) in [7, 11) is 5.74. The summed E-state index contributed by atoms with van der Waals surface area (Å²) in [5, 5.41) is 0. The number of nitrogens with zero attached hydrogens (tertiary/aromatic N) is 2. The van der Waals surface area contributed by atoms with Gasteiger partial charge in [0.05, 0.1) is 0 Å². The Labute approximate surface area is 146 Å². The van der Waals surface area contributed by atoms with Crippen molar-refractivity contribution >= 4 is 5.91 Å². The molecule has 0 spiro atoms. The molecule has 1 fully saturated rings. The van der Waals surface area contributed by atoms with Crippen molar-refractivity contribution in [2.24, 2.45) is 5.92 Å². The molecule has 4 heteroatoms. The zero-order chi connectivity index (χ0) is 17.5. The first kappa shape index (κ1) is 18.9. The van der Waals surface area contributed by atoms with E-state index in [9.17, 15) is 4.79 Å². The van der Waals surface area contributed by atoms with E-state index >= 15 is 0 Å². The van der Waals surface area contributed by atoms with Gasteiger partial charge in [0.1, 0.15) is 6.04 Å². The third kappa shape index (κ3) is 4.81. The molecule has 0 aromatic heterocycles. The Hall–Kier alpha value is -1.39. The molecule has 1 amide bonds. The Kier molecular flexibility index (Phi) is 7.25. The van der Waals surface area contributed by atoms with Crippen molar-refractivity contribution in [1.82, 2.24) is 9.80 Å². The smallest absolute Gasteiger partial charge is 0.244 e. The van der Waals surface area contributed by atoms with Crippen LogP contribution in [0.15, 0.2) is 24.3 Å². The molecule has 0 aliphatic carbocycles. The summed E-state index contributed by atoms with van der Waals surface area (Å²) in [6.07, 6.45) is 4.57. The first-order valence-corrected chi connectivity index (χ1v) is 9.04. The van der Waals surface area contributed by atoms with Crippen molar-refractivity contribution in [2.75, 3.05) is 40.9 Å². The van der Waals surface area contributed by atoms with Gasteiger partial charge in [-0.3, -0.25) is 9.69 Å². The third-order valence-electron chi connectivity index (χ3n) is 5.12. The standard InChI is InChI=1S/C20H32N2O2/c1-16-8-5-6-10-18(16)19(21(2)3)20(23)22-13-11-17(12-14-22)9-7-15-24-4/h5-6,8,10,17,19H,7,9,11-15H2,1-4H3/t19-/m1/s1. The molecule has 2 rings (SSSR count). The van der Waals surface area contributed by atoms with Gasteiger partial charge < -0.3 is 9.64 Å². The van der Waals surface area contributed by atoms with Crippen LogP contribution in [0.5, 0.6) is 0 Å². The van der Waals surface area contributed by atoms with Crippen LogP contribution in [0, 0.1) is 12.8 Å². The summed E-state index contributed by atoms with van der Waals surface area (Å²) in [5.74, 6) is 0.977. The van der Waals surface area contributed by atoms with Crippen LogP contribution in [0.1, 0.15) is 42.9 Å². The van der Waals surface area contributed by atoms with Gasteiger partial charge in [0.25, 0.3) is 0 Å². The van der Waals surface area contributed by atoms with Gasteiger partial charge in [-0.2, -0.15) is 0 Å². The number of likely N-dealkylation sites (tertiary alicyclic amines) is 1. The SMILES string of the molecule is COCCCC1CCN(C(=O)[C@@H](c2ccccc2C)N(C)C)CC1. The van der Waals surface area contributed by atoms with Crippen molar-refractivity contribution in [2.45, 2.75) is 38.6 Å². The lowest BCUT2D eigenvalue weighted by molar-refractivity contribution is -0.137. The van der Waals surface area contributed by atoms with Crippen molar-refractivity contribution in [3.8, 4) is 0 Å². The number of hydrogen-bond donors (Lipinski definition) is 0. The number of likely N-dealkylation sites (N-methyl/N-ethyl adjacent to an activating group) is 1. The molecular weight excluding hydrogens is 300 g/mol. The summed E-state index contributed by atoms with van der Waals surface area (Å²) < 4.78 is 5.14. The molecule has 0 saturated carbocycles. The maximum Gasteiger partial charge on any atom is 0.244 e. The summed E-state index contributed by atoms with van der Waals surface area (Å²) >= 11 is 0. The molecule has 1 heterocycles. The van der Waals surface area contributed by atoms with Crippen LogP contribution in [-0.4, -0.2) is 56.6 Å². The number of rotatable bonds is 7. The van der Waals surface area contributed by atoms with Gasteiger partial charge in [0.2, 0.25) is 5.91 Å². The molecule has 1 aromatic rings. The second kappa shape index (κ2) is 9.19. The van der Waals surface area contributed by atoms with E-state index in [0.29, 0.717) is 0 Å². The number of amides is 1. The zero-order valence-corrected chi connectivity index (χ0v) is 15.6. The van der Waals surface area contributed by atoms with Gasteiger partial charge >= 0.3 is 0 Å². The number of methoxy groups -OCH3 is 1. The van der Waals surface area contributed by atoms with Gasteiger partial charge in [-0.05, 0) is 63.7 Å². The highest BCUT2D eigenvalue weighted by Gasteiger charge is 2.31. The molecule has 1 aliphatic heterocycles. The van der Waals surface area contributed by atoms with Crippen LogP contribution in [0.25, 0.3) is 0 Å². The fraction of sp³-hybridized carbons (Fsp3) is 0.650. The minimum atomic E-state index is -0.184. The first-order valence-electron chi connectivity index (χ1n) is 9.04. The van der Waals surface area contributed by atoms with E-state index in [2.05, 4.69) is 24.0 Å². The second-order valence-electron chi connectivity index (χ2n) is 7.13. The van der Waals surface area contributed by atoms with E-state index in [-0.39, 0.29) is 11.9 Å². The minimum Gasteiger partial charge on any atom is -0.385 e. The summed E-state index contributed by atoms with van der Waals surface area (Å²) in [4.78, 5) is 17.2. The van der Waals surface area contributed by atoms with E-state index in [1.807, 2.05) is 31.1 Å². The Bertz CT molecular complexity index is 522. The van der Waals surface area contributed by atoms with Crippen LogP contribution in [-0.2, 0) is 9.53 Å². The van der Waals surface area contributed by atoms with Gasteiger partial charge in [0, 0.05) is 26.8 Å². The quantitative estimate of drug-likeness (QED) is 0.719. The van der Waals surface area contributed by atoms with E-state index in [1.54, 1.807) is 7.11 Å².